The van der Waals surface area contributed by atoms with Gasteiger partial charge in [-0.25, -0.2) is 4.79 Å². The Kier molecular flexibility index (Phi) is 5.12. The third-order valence-corrected chi connectivity index (χ3v) is 4.50. The van der Waals surface area contributed by atoms with Crippen molar-refractivity contribution < 1.29 is 18.7 Å². The zero-order valence-corrected chi connectivity index (χ0v) is 15.8. The van der Waals surface area contributed by atoms with E-state index in [1.807, 2.05) is 55.5 Å². The fourth-order valence-corrected chi connectivity index (χ4v) is 3.01. The summed E-state index contributed by atoms with van der Waals surface area (Å²) < 4.78 is 16.4. The van der Waals surface area contributed by atoms with Crippen LogP contribution in [0.3, 0.4) is 0 Å². The number of hydrogen-bond donors (Lipinski definition) is 0. The lowest BCUT2D eigenvalue weighted by Crippen LogP contribution is -2.18. The molecule has 0 saturated heterocycles. The molecular weight excluding hydrogens is 368 g/mol. The van der Waals surface area contributed by atoms with Crippen molar-refractivity contribution in [1.29, 1.82) is 0 Å². The van der Waals surface area contributed by atoms with E-state index in [1.165, 1.54) is 12.3 Å². The zero-order chi connectivity index (χ0) is 20.2. The summed E-state index contributed by atoms with van der Waals surface area (Å²) in [6.07, 6.45) is 1.42. The first-order valence-electron chi connectivity index (χ1n) is 9.12. The van der Waals surface area contributed by atoms with Gasteiger partial charge in [0.1, 0.15) is 23.3 Å². The van der Waals surface area contributed by atoms with Crippen LogP contribution in [0.4, 0.5) is 0 Å². The van der Waals surface area contributed by atoms with E-state index in [0.717, 1.165) is 11.1 Å². The number of carbonyl (C=O) groups excluding carboxylic acids is 1. The Bertz CT molecular complexity index is 1220. The van der Waals surface area contributed by atoms with E-state index in [9.17, 15) is 9.59 Å². The molecule has 0 saturated carbocycles. The topological polar surface area (TPSA) is 65.7 Å². The largest absolute Gasteiger partial charge is 0.482 e. The molecule has 0 N–H and O–H groups in total. The van der Waals surface area contributed by atoms with Crippen molar-refractivity contribution in [3.05, 3.63) is 94.8 Å². The highest BCUT2D eigenvalue weighted by atomic mass is 16.6. The molecule has 0 aliphatic rings. The molecule has 3 aromatic carbocycles. The summed E-state index contributed by atoms with van der Waals surface area (Å²) in [7, 11) is 0. The van der Waals surface area contributed by atoms with Crippen LogP contribution in [0, 0.1) is 6.92 Å². The number of para-hydroxylation sites is 1. The number of fused-ring (bicyclic) bond motifs is 1. The van der Waals surface area contributed by atoms with Crippen LogP contribution >= 0.6 is 0 Å². The van der Waals surface area contributed by atoms with Crippen molar-refractivity contribution in [3.8, 4) is 22.6 Å². The third-order valence-electron chi connectivity index (χ3n) is 4.50. The van der Waals surface area contributed by atoms with Gasteiger partial charge in [-0.3, -0.25) is 4.79 Å². The molecule has 0 aliphatic carbocycles. The lowest BCUT2D eigenvalue weighted by Gasteiger charge is -2.09. The van der Waals surface area contributed by atoms with Crippen LogP contribution in [-0.2, 0) is 4.79 Å². The molecule has 0 radical (unpaired) electrons. The summed E-state index contributed by atoms with van der Waals surface area (Å²) in [5.41, 5.74) is 2.40. The van der Waals surface area contributed by atoms with Gasteiger partial charge in [-0.1, -0.05) is 48.5 Å². The highest BCUT2D eigenvalue weighted by Crippen LogP contribution is 2.23. The number of hydrogen-bond acceptors (Lipinski definition) is 5. The van der Waals surface area contributed by atoms with Crippen LogP contribution in [0.1, 0.15) is 5.56 Å². The summed E-state index contributed by atoms with van der Waals surface area (Å²) in [6.45, 7) is 1.68. The average Bonchev–Trinajstić information content (AvgIpc) is 2.74. The van der Waals surface area contributed by atoms with Gasteiger partial charge in [-0.15, -0.1) is 0 Å². The number of benzene rings is 3. The lowest BCUT2D eigenvalue weighted by atomic mass is 10.1. The SMILES string of the molecule is Cc1ccccc1OCC(=O)Oc1ccc2c(=O)c(-c3ccccc3)coc2c1. The first-order valence-corrected chi connectivity index (χ1v) is 9.12. The maximum absolute atomic E-state index is 12.8. The summed E-state index contributed by atoms with van der Waals surface area (Å²) in [5, 5.41) is 0.419. The maximum Gasteiger partial charge on any atom is 0.349 e. The van der Waals surface area contributed by atoms with Crippen molar-refractivity contribution in [1.82, 2.24) is 0 Å². The Morgan fingerprint density at radius 2 is 1.72 bits per heavy atom. The fourth-order valence-electron chi connectivity index (χ4n) is 3.01. The van der Waals surface area contributed by atoms with Crippen molar-refractivity contribution in [3.63, 3.8) is 0 Å². The molecule has 5 nitrogen and oxygen atoms in total. The van der Waals surface area contributed by atoms with Crippen LogP contribution < -0.4 is 14.9 Å². The van der Waals surface area contributed by atoms with Crippen LogP contribution in [0.2, 0.25) is 0 Å². The second-order valence-electron chi connectivity index (χ2n) is 6.53. The Morgan fingerprint density at radius 3 is 2.52 bits per heavy atom. The second-order valence-corrected chi connectivity index (χ2v) is 6.53. The predicted octanol–water partition coefficient (Wildman–Crippen LogP) is 4.75. The number of rotatable bonds is 5. The van der Waals surface area contributed by atoms with Gasteiger partial charge in [0.2, 0.25) is 0 Å². The van der Waals surface area contributed by atoms with Gasteiger partial charge in [0, 0.05) is 6.07 Å². The molecule has 0 amide bonds. The van der Waals surface area contributed by atoms with Gasteiger partial charge in [0.05, 0.1) is 10.9 Å². The van der Waals surface area contributed by atoms with Gasteiger partial charge in [0.25, 0.3) is 0 Å². The molecule has 0 aliphatic heterocycles. The van der Waals surface area contributed by atoms with E-state index in [4.69, 9.17) is 13.9 Å². The molecule has 4 aromatic rings. The minimum absolute atomic E-state index is 0.141. The highest BCUT2D eigenvalue weighted by Gasteiger charge is 2.12. The van der Waals surface area contributed by atoms with Gasteiger partial charge in [0.15, 0.2) is 12.0 Å². The third kappa shape index (κ3) is 4.04. The quantitative estimate of drug-likeness (QED) is 0.366. The van der Waals surface area contributed by atoms with E-state index in [2.05, 4.69) is 0 Å². The molecule has 0 bridgehead atoms. The Morgan fingerprint density at radius 1 is 0.966 bits per heavy atom. The zero-order valence-electron chi connectivity index (χ0n) is 15.8. The monoisotopic (exact) mass is 386 g/mol. The van der Waals surface area contributed by atoms with Crippen LogP contribution in [-0.4, -0.2) is 12.6 Å². The summed E-state index contributed by atoms with van der Waals surface area (Å²) in [5.74, 6) is 0.366. The summed E-state index contributed by atoms with van der Waals surface area (Å²) in [4.78, 5) is 24.9. The first kappa shape index (κ1) is 18.5. The van der Waals surface area contributed by atoms with Crippen LogP contribution in [0.5, 0.6) is 11.5 Å². The average molecular weight is 386 g/mol. The summed E-state index contributed by atoms with van der Waals surface area (Å²) in [6, 6.07) is 21.4. The Hall–Kier alpha value is -3.86. The Labute approximate surface area is 167 Å². The molecule has 0 fully saturated rings. The normalized spacial score (nSPS) is 10.7. The fraction of sp³-hybridized carbons (Fsp3) is 0.0833. The van der Waals surface area contributed by atoms with E-state index in [0.29, 0.717) is 22.3 Å². The molecule has 5 heteroatoms. The molecule has 144 valence electrons. The van der Waals surface area contributed by atoms with Gasteiger partial charge >= 0.3 is 5.97 Å². The number of esters is 1. The van der Waals surface area contributed by atoms with Crippen LogP contribution in [0.15, 0.2) is 88.3 Å². The number of aryl methyl sites for hydroxylation is 1. The minimum Gasteiger partial charge on any atom is -0.482 e. The molecule has 1 aromatic heterocycles. The molecule has 4 rings (SSSR count). The standard InChI is InChI=1S/C24H18O5/c1-16-7-5-6-10-21(16)28-15-23(25)29-18-11-12-19-22(13-18)27-14-20(24(19)26)17-8-3-2-4-9-17/h2-14H,15H2,1H3. The van der Waals surface area contributed by atoms with Gasteiger partial charge < -0.3 is 13.9 Å². The number of carbonyl (C=O) groups is 1. The van der Waals surface area contributed by atoms with E-state index < -0.39 is 5.97 Å². The van der Waals surface area contributed by atoms with Crippen molar-refractivity contribution in [2.75, 3.05) is 6.61 Å². The van der Waals surface area contributed by atoms with Crippen LogP contribution in [0.25, 0.3) is 22.1 Å². The first-order chi connectivity index (χ1) is 14.1. The van der Waals surface area contributed by atoms with Gasteiger partial charge in [-0.2, -0.15) is 0 Å². The lowest BCUT2D eigenvalue weighted by molar-refractivity contribution is -0.136. The highest BCUT2D eigenvalue weighted by molar-refractivity contribution is 5.83. The minimum atomic E-state index is -0.546. The van der Waals surface area contributed by atoms with Gasteiger partial charge in [-0.05, 0) is 36.2 Å². The Balaban J connectivity index is 1.51. The number of ether oxygens (including phenoxy) is 2. The summed E-state index contributed by atoms with van der Waals surface area (Å²) >= 11 is 0. The van der Waals surface area contributed by atoms with Crippen molar-refractivity contribution >= 4 is 16.9 Å². The predicted molar refractivity (Wildman–Crippen MR) is 110 cm³/mol. The van der Waals surface area contributed by atoms with Crippen molar-refractivity contribution in [2.24, 2.45) is 0 Å². The maximum atomic E-state index is 12.8. The molecule has 29 heavy (non-hydrogen) atoms. The molecule has 1 heterocycles. The second kappa shape index (κ2) is 8.02. The van der Waals surface area contributed by atoms with Crippen molar-refractivity contribution in [2.45, 2.75) is 6.92 Å². The molecular formula is C24H18O5. The molecule has 0 spiro atoms. The smallest absolute Gasteiger partial charge is 0.349 e. The molecule has 0 unspecified atom stereocenters. The molecule has 0 atom stereocenters. The van der Waals surface area contributed by atoms with E-state index in [1.54, 1.807) is 18.2 Å². The van der Waals surface area contributed by atoms with E-state index >= 15 is 0 Å². The van der Waals surface area contributed by atoms with E-state index in [-0.39, 0.29) is 17.8 Å².